The van der Waals surface area contributed by atoms with Crippen LogP contribution in [0.5, 0.6) is 0 Å². The number of hydrogen-bond donors (Lipinski definition) is 1. The number of amides is 1. The minimum absolute atomic E-state index is 0.220. The van der Waals surface area contributed by atoms with Gasteiger partial charge >= 0.3 is 18.1 Å². The second kappa shape index (κ2) is 6.40. The van der Waals surface area contributed by atoms with Crippen LogP contribution in [0, 0.1) is 0 Å². The standard InChI is InChI=1S/C13H13F3N2O5S/c14-13(15,16)12(21)17-4-6-18(7-5-17)24(22,23)10-3-1-2-9(8-10)11(19)20/h1-3,8H,4-7H2,(H,19,20). The summed E-state index contributed by atoms with van der Waals surface area (Å²) in [7, 11) is -4.05. The quantitative estimate of drug-likeness (QED) is 0.853. The highest BCUT2D eigenvalue weighted by atomic mass is 32.2. The molecule has 1 aromatic rings. The molecule has 1 aliphatic heterocycles. The number of carbonyl (C=O) groups excluding carboxylic acids is 1. The Bertz CT molecular complexity index is 755. The molecule has 1 aliphatic rings. The summed E-state index contributed by atoms with van der Waals surface area (Å²) in [5.74, 6) is -3.31. The Balaban J connectivity index is 2.15. The number of piperazine rings is 1. The summed E-state index contributed by atoms with van der Waals surface area (Å²) in [6, 6.07) is 4.67. The maximum absolute atomic E-state index is 12.4. The average molecular weight is 366 g/mol. The van der Waals surface area contributed by atoms with Gasteiger partial charge in [-0.05, 0) is 18.2 Å². The van der Waals surface area contributed by atoms with E-state index >= 15 is 0 Å². The van der Waals surface area contributed by atoms with E-state index in [1.165, 1.54) is 18.2 Å². The lowest BCUT2D eigenvalue weighted by atomic mass is 10.2. The fraction of sp³-hybridized carbons (Fsp3) is 0.385. The zero-order valence-corrected chi connectivity index (χ0v) is 13.0. The number of rotatable bonds is 3. The second-order valence-corrected chi connectivity index (χ2v) is 6.96. The normalized spacial score (nSPS) is 16.9. The van der Waals surface area contributed by atoms with Crippen LogP contribution in [0.2, 0.25) is 0 Å². The van der Waals surface area contributed by atoms with Crippen LogP contribution in [0.25, 0.3) is 0 Å². The molecule has 11 heteroatoms. The van der Waals surface area contributed by atoms with Gasteiger partial charge in [-0.3, -0.25) is 4.79 Å². The maximum atomic E-state index is 12.4. The Hall–Kier alpha value is -2.14. The van der Waals surface area contributed by atoms with Gasteiger partial charge in [-0.2, -0.15) is 17.5 Å². The number of hydrogen-bond acceptors (Lipinski definition) is 4. The molecule has 2 rings (SSSR count). The summed E-state index contributed by atoms with van der Waals surface area (Å²) in [5, 5.41) is 8.90. The first-order chi connectivity index (χ1) is 11.0. The molecule has 1 heterocycles. The van der Waals surface area contributed by atoms with Crippen LogP contribution in [0.3, 0.4) is 0 Å². The Morgan fingerprint density at radius 1 is 1.08 bits per heavy atom. The van der Waals surface area contributed by atoms with Gasteiger partial charge in [0.05, 0.1) is 10.5 Å². The molecule has 0 radical (unpaired) electrons. The molecule has 0 aliphatic carbocycles. The largest absolute Gasteiger partial charge is 0.478 e. The highest BCUT2D eigenvalue weighted by Gasteiger charge is 2.44. The molecule has 1 amide bonds. The number of alkyl halides is 3. The summed E-state index contributed by atoms with van der Waals surface area (Å²) in [6.07, 6.45) is -5.00. The molecule has 1 fully saturated rings. The average Bonchev–Trinajstić information content (AvgIpc) is 2.53. The van der Waals surface area contributed by atoms with Gasteiger partial charge in [0.25, 0.3) is 0 Å². The van der Waals surface area contributed by atoms with Gasteiger partial charge in [0.15, 0.2) is 0 Å². The second-order valence-electron chi connectivity index (χ2n) is 5.03. The molecule has 1 N–H and O–H groups in total. The van der Waals surface area contributed by atoms with Gasteiger partial charge < -0.3 is 10.0 Å². The van der Waals surface area contributed by atoms with E-state index in [1.54, 1.807) is 0 Å². The minimum atomic E-state index is -5.00. The van der Waals surface area contributed by atoms with Crippen LogP contribution in [0.4, 0.5) is 13.2 Å². The fourth-order valence-corrected chi connectivity index (χ4v) is 3.72. The lowest BCUT2D eigenvalue weighted by Crippen LogP contribution is -2.53. The minimum Gasteiger partial charge on any atom is -0.478 e. The van der Waals surface area contributed by atoms with Crippen molar-refractivity contribution in [1.82, 2.24) is 9.21 Å². The molecule has 0 bridgehead atoms. The van der Waals surface area contributed by atoms with Crippen molar-refractivity contribution in [3.8, 4) is 0 Å². The number of sulfonamides is 1. The van der Waals surface area contributed by atoms with Crippen molar-refractivity contribution in [2.45, 2.75) is 11.1 Å². The molecule has 0 spiro atoms. The lowest BCUT2D eigenvalue weighted by Gasteiger charge is -2.34. The van der Waals surface area contributed by atoms with E-state index in [0.29, 0.717) is 4.90 Å². The summed E-state index contributed by atoms with van der Waals surface area (Å²) in [5.41, 5.74) is -0.220. The van der Waals surface area contributed by atoms with Crippen LogP contribution in [0.1, 0.15) is 10.4 Å². The Morgan fingerprint density at radius 3 is 2.17 bits per heavy atom. The summed E-state index contributed by atoms with van der Waals surface area (Å²) < 4.78 is 62.9. The highest BCUT2D eigenvalue weighted by molar-refractivity contribution is 7.89. The number of benzene rings is 1. The van der Waals surface area contributed by atoms with Crippen molar-refractivity contribution in [1.29, 1.82) is 0 Å². The Labute approximate surface area is 135 Å². The molecule has 0 aromatic heterocycles. The summed E-state index contributed by atoms with van der Waals surface area (Å²) in [6.45, 7) is -1.39. The van der Waals surface area contributed by atoms with Gasteiger partial charge in [-0.15, -0.1) is 0 Å². The number of aromatic carboxylic acids is 1. The molecule has 7 nitrogen and oxygen atoms in total. The zero-order chi connectivity index (χ0) is 18.1. The Kier molecular flexibility index (Phi) is 4.85. The summed E-state index contributed by atoms with van der Waals surface area (Å²) >= 11 is 0. The third kappa shape index (κ3) is 3.67. The molecule has 132 valence electrons. The van der Waals surface area contributed by atoms with E-state index in [4.69, 9.17) is 5.11 Å². The van der Waals surface area contributed by atoms with E-state index in [9.17, 15) is 31.2 Å². The molecule has 24 heavy (non-hydrogen) atoms. The lowest BCUT2D eigenvalue weighted by molar-refractivity contribution is -0.186. The Morgan fingerprint density at radius 2 is 1.67 bits per heavy atom. The number of halogens is 3. The van der Waals surface area contributed by atoms with Gasteiger partial charge in [-0.25, -0.2) is 13.2 Å². The number of carboxylic acids is 1. The molecular weight excluding hydrogens is 353 g/mol. The molecule has 0 atom stereocenters. The van der Waals surface area contributed by atoms with Crippen LogP contribution >= 0.6 is 0 Å². The number of nitrogens with zero attached hydrogens (tertiary/aromatic N) is 2. The zero-order valence-electron chi connectivity index (χ0n) is 12.2. The number of carboxylic acid groups (broad SMARTS) is 1. The van der Waals surface area contributed by atoms with Crippen molar-refractivity contribution >= 4 is 21.9 Å². The van der Waals surface area contributed by atoms with Crippen LogP contribution in [-0.2, 0) is 14.8 Å². The van der Waals surface area contributed by atoms with Crippen LogP contribution < -0.4 is 0 Å². The van der Waals surface area contributed by atoms with Crippen molar-refractivity contribution < 1.29 is 36.3 Å². The van der Waals surface area contributed by atoms with E-state index in [1.807, 2.05) is 0 Å². The molecular formula is C13H13F3N2O5S. The van der Waals surface area contributed by atoms with Gasteiger partial charge in [0, 0.05) is 26.2 Å². The van der Waals surface area contributed by atoms with Gasteiger partial charge in [0.2, 0.25) is 10.0 Å². The van der Waals surface area contributed by atoms with E-state index in [-0.39, 0.29) is 23.5 Å². The van der Waals surface area contributed by atoms with Crippen molar-refractivity contribution in [2.24, 2.45) is 0 Å². The van der Waals surface area contributed by atoms with Crippen LogP contribution in [-0.4, -0.2) is 67.0 Å². The molecule has 1 saturated heterocycles. The van der Waals surface area contributed by atoms with Crippen molar-refractivity contribution in [3.63, 3.8) is 0 Å². The SMILES string of the molecule is O=C(O)c1cccc(S(=O)(=O)N2CCN(C(=O)C(F)(F)F)CC2)c1. The van der Waals surface area contributed by atoms with Gasteiger partial charge in [0.1, 0.15) is 0 Å². The van der Waals surface area contributed by atoms with E-state index in [0.717, 1.165) is 10.4 Å². The third-order valence-corrected chi connectivity index (χ3v) is 5.38. The monoisotopic (exact) mass is 366 g/mol. The van der Waals surface area contributed by atoms with E-state index in [2.05, 4.69) is 0 Å². The first-order valence-corrected chi connectivity index (χ1v) is 8.17. The number of carbonyl (C=O) groups is 2. The maximum Gasteiger partial charge on any atom is 0.471 e. The highest BCUT2D eigenvalue weighted by Crippen LogP contribution is 2.22. The molecule has 0 unspecified atom stereocenters. The topological polar surface area (TPSA) is 95.0 Å². The summed E-state index contributed by atoms with van der Waals surface area (Å²) in [4.78, 5) is 22.3. The first kappa shape index (κ1) is 18.2. The smallest absolute Gasteiger partial charge is 0.471 e. The molecule has 1 aromatic carbocycles. The predicted molar refractivity (Wildman–Crippen MR) is 74.8 cm³/mol. The predicted octanol–water partition coefficient (Wildman–Crippen LogP) is 0.780. The van der Waals surface area contributed by atoms with E-state index < -0.39 is 41.2 Å². The third-order valence-electron chi connectivity index (χ3n) is 3.49. The fourth-order valence-electron chi connectivity index (χ4n) is 2.25. The van der Waals surface area contributed by atoms with Crippen LogP contribution in [0.15, 0.2) is 29.2 Å². The van der Waals surface area contributed by atoms with Gasteiger partial charge in [-0.1, -0.05) is 6.07 Å². The molecule has 0 saturated carbocycles. The first-order valence-electron chi connectivity index (χ1n) is 6.73. The van der Waals surface area contributed by atoms with Crippen molar-refractivity contribution in [3.05, 3.63) is 29.8 Å². The van der Waals surface area contributed by atoms with Crippen molar-refractivity contribution in [2.75, 3.05) is 26.2 Å².